The van der Waals surface area contributed by atoms with Gasteiger partial charge in [-0.1, -0.05) is 27.5 Å². The highest BCUT2D eigenvalue weighted by molar-refractivity contribution is 9.08. The molecule has 0 aliphatic heterocycles. The van der Waals surface area contributed by atoms with E-state index in [-0.39, 0.29) is 0 Å². The zero-order valence-corrected chi connectivity index (χ0v) is 7.48. The molecule has 1 rings (SSSR count). The Balaban J connectivity index is 3.17. The number of hydrogen-bond acceptors (Lipinski definition) is 2. The molecule has 0 amide bonds. The summed E-state index contributed by atoms with van der Waals surface area (Å²) in [6, 6.07) is 1.72. The lowest BCUT2D eigenvalue weighted by Crippen LogP contribution is -1.95. The van der Waals surface area contributed by atoms with E-state index in [1.54, 1.807) is 12.3 Å². The average Bonchev–Trinajstić information content (AvgIpc) is 1.88. The Morgan fingerprint density at radius 1 is 1.70 bits per heavy atom. The van der Waals surface area contributed by atoms with E-state index in [0.717, 1.165) is 5.56 Å². The second-order valence-electron chi connectivity index (χ2n) is 1.79. The van der Waals surface area contributed by atoms with Gasteiger partial charge in [-0.05, 0) is 6.07 Å². The topological polar surface area (TPSA) is 38.9 Å². The van der Waals surface area contributed by atoms with Crippen molar-refractivity contribution in [1.82, 2.24) is 4.98 Å². The van der Waals surface area contributed by atoms with Crippen molar-refractivity contribution in [3.05, 3.63) is 22.8 Å². The van der Waals surface area contributed by atoms with Gasteiger partial charge in [-0.15, -0.1) is 0 Å². The van der Waals surface area contributed by atoms with Crippen molar-refractivity contribution < 1.29 is 0 Å². The molecule has 0 aliphatic rings. The van der Waals surface area contributed by atoms with E-state index in [4.69, 9.17) is 17.3 Å². The van der Waals surface area contributed by atoms with Gasteiger partial charge < -0.3 is 5.73 Å². The highest BCUT2D eigenvalue weighted by Crippen LogP contribution is 2.21. The highest BCUT2D eigenvalue weighted by atomic mass is 79.9. The minimum atomic E-state index is 0.490. The third kappa shape index (κ3) is 1.41. The van der Waals surface area contributed by atoms with E-state index in [9.17, 15) is 0 Å². The van der Waals surface area contributed by atoms with Gasteiger partial charge in [-0.25, -0.2) is 4.98 Å². The van der Waals surface area contributed by atoms with Gasteiger partial charge in [0.25, 0.3) is 0 Å². The van der Waals surface area contributed by atoms with Gasteiger partial charge in [0.1, 0.15) is 5.82 Å². The standard InChI is InChI=1S/C6H6BrClN2/c7-3-4-5(8)1-2-10-6(4)9/h1-2H,3H2,(H2,9,10). The van der Waals surface area contributed by atoms with Gasteiger partial charge in [0, 0.05) is 22.1 Å². The summed E-state index contributed by atoms with van der Waals surface area (Å²) in [6.07, 6.45) is 1.59. The molecule has 4 heteroatoms. The summed E-state index contributed by atoms with van der Waals surface area (Å²) in [5, 5.41) is 1.30. The molecule has 0 saturated carbocycles. The molecule has 0 unspecified atom stereocenters. The van der Waals surface area contributed by atoms with Crippen LogP contribution in [-0.4, -0.2) is 4.98 Å². The number of nitrogens with zero attached hydrogens (tertiary/aromatic N) is 1. The van der Waals surface area contributed by atoms with Gasteiger partial charge >= 0.3 is 0 Å². The first-order chi connectivity index (χ1) is 4.75. The van der Waals surface area contributed by atoms with Gasteiger partial charge in [0.05, 0.1) is 0 Å². The lowest BCUT2D eigenvalue weighted by atomic mass is 10.3. The first-order valence-electron chi connectivity index (χ1n) is 2.70. The fraction of sp³-hybridized carbons (Fsp3) is 0.167. The Bertz CT molecular complexity index is 219. The third-order valence-corrected chi connectivity index (χ3v) is 2.08. The number of pyridine rings is 1. The van der Waals surface area contributed by atoms with E-state index < -0.39 is 0 Å². The Morgan fingerprint density at radius 2 is 2.40 bits per heavy atom. The van der Waals surface area contributed by atoms with E-state index in [0.29, 0.717) is 16.2 Å². The van der Waals surface area contributed by atoms with Crippen LogP contribution in [0.1, 0.15) is 5.56 Å². The fourth-order valence-corrected chi connectivity index (χ4v) is 1.59. The molecule has 0 bridgehead atoms. The molecule has 0 atom stereocenters. The Hall–Kier alpha value is -0.280. The van der Waals surface area contributed by atoms with Crippen LogP contribution in [0.5, 0.6) is 0 Å². The largest absolute Gasteiger partial charge is 0.383 e. The molecule has 0 fully saturated rings. The van der Waals surface area contributed by atoms with Crippen molar-refractivity contribution in [2.24, 2.45) is 0 Å². The summed E-state index contributed by atoms with van der Waals surface area (Å²) in [7, 11) is 0. The van der Waals surface area contributed by atoms with Gasteiger partial charge in [0.15, 0.2) is 0 Å². The molecule has 2 N–H and O–H groups in total. The van der Waals surface area contributed by atoms with E-state index in [1.807, 2.05) is 0 Å². The summed E-state index contributed by atoms with van der Waals surface area (Å²) in [5.74, 6) is 0.490. The van der Waals surface area contributed by atoms with Crippen LogP contribution in [0.3, 0.4) is 0 Å². The van der Waals surface area contributed by atoms with Crippen LogP contribution in [-0.2, 0) is 5.33 Å². The number of nitrogen functional groups attached to an aromatic ring is 1. The zero-order chi connectivity index (χ0) is 7.56. The van der Waals surface area contributed by atoms with Crippen molar-refractivity contribution in [3.8, 4) is 0 Å². The minimum absolute atomic E-state index is 0.490. The van der Waals surface area contributed by atoms with Crippen LogP contribution in [0.4, 0.5) is 5.82 Å². The predicted octanol–water partition coefficient (Wildman–Crippen LogP) is 2.21. The predicted molar refractivity (Wildman–Crippen MR) is 46.3 cm³/mol. The number of halogens is 2. The number of aromatic nitrogens is 1. The number of rotatable bonds is 1. The van der Waals surface area contributed by atoms with E-state index in [1.165, 1.54) is 0 Å². The molecule has 1 aromatic rings. The Kier molecular flexibility index (Phi) is 2.51. The van der Waals surface area contributed by atoms with Crippen molar-refractivity contribution in [3.63, 3.8) is 0 Å². The van der Waals surface area contributed by atoms with Gasteiger partial charge in [-0.3, -0.25) is 0 Å². The Morgan fingerprint density at radius 3 is 2.80 bits per heavy atom. The summed E-state index contributed by atoms with van der Waals surface area (Å²) < 4.78 is 0. The summed E-state index contributed by atoms with van der Waals surface area (Å²) in [6.45, 7) is 0. The average molecular weight is 221 g/mol. The second-order valence-corrected chi connectivity index (χ2v) is 2.76. The molecule has 54 valence electrons. The molecule has 0 saturated heterocycles. The lowest BCUT2D eigenvalue weighted by Gasteiger charge is -2.00. The van der Waals surface area contributed by atoms with Crippen molar-refractivity contribution in [1.29, 1.82) is 0 Å². The number of anilines is 1. The second kappa shape index (κ2) is 3.21. The molecule has 0 aliphatic carbocycles. The zero-order valence-electron chi connectivity index (χ0n) is 5.14. The molecule has 10 heavy (non-hydrogen) atoms. The first kappa shape index (κ1) is 7.82. The fourth-order valence-electron chi connectivity index (χ4n) is 0.616. The monoisotopic (exact) mass is 220 g/mol. The highest BCUT2D eigenvalue weighted by Gasteiger charge is 2.01. The summed E-state index contributed by atoms with van der Waals surface area (Å²) >= 11 is 9.03. The van der Waals surface area contributed by atoms with E-state index in [2.05, 4.69) is 20.9 Å². The van der Waals surface area contributed by atoms with Crippen LogP contribution >= 0.6 is 27.5 Å². The summed E-state index contributed by atoms with van der Waals surface area (Å²) in [5.41, 5.74) is 6.36. The molecule has 2 nitrogen and oxygen atoms in total. The number of nitrogens with two attached hydrogens (primary N) is 1. The maximum absolute atomic E-state index is 5.78. The van der Waals surface area contributed by atoms with Crippen LogP contribution in [0.25, 0.3) is 0 Å². The van der Waals surface area contributed by atoms with Gasteiger partial charge in [-0.2, -0.15) is 0 Å². The molecule has 0 radical (unpaired) electrons. The normalized spacial score (nSPS) is 9.80. The smallest absolute Gasteiger partial charge is 0.128 e. The van der Waals surface area contributed by atoms with E-state index >= 15 is 0 Å². The van der Waals surface area contributed by atoms with Gasteiger partial charge in [0.2, 0.25) is 0 Å². The summed E-state index contributed by atoms with van der Waals surface area (Å²) in [4.78, 5) is 3.87. The molecule has 1 aromatic heterocycles. The molecular weight excluding hydrogens is 215 g/mol. The quantitative estimate of drug-likeness (QED) is 0.739. The molecular formula is C6H6BrClN2. The first-order valence-corrected chi connectivity index (χ1v) is 4.20. The van der Waals surface area contributed by atoms with Crippen LogP contribution in [0.15, 0.2) is 12.3 Å². The maximum Gasteiger partial charge on any atom is 0.128 e. The minimum Gasteiger partial charge on any atom is -0.383 e. The SMILES string of the molecule is Nc1nccc(Cl)c1CBr. The van der Waals surface area contributed by atoms with Crippen molar-refractivity contribution in [2.45, 2.75) is 5.33 Å². The molecule has 0 aromatic carbocycles. The number of hydrogen-bond donors (Lipinski definition) is 1. The van der Waals surface area contributed by atoms with Crippen LogP contribution in [0.2, 0.25) is 5.02 Å². The lowest BCUT2D eigenvalue weighted by molar-refractivity contribution is 1.27. The Labute approximate surface area is 72.5 Å². The molecule has 1 heterocycles. The van der Waals surface area contributed by atoms with Crippen LogP contribution < -0.4 is 5.73 Å². The molecule has 0 spiro atoms. The van der Waals surface area contributed by atoms with Crippen LogP contribution in [0, 0.1) is 0 Å². The third-order valence-electron chi connectivity index (χ3n) is 1.17. The maximum atomic E-state index is 5.78. The van der Waals surface area contributed by atoms with Crippen molar-refractivity contribution in [2.75, 3.05) is 5.73 Å². The van der Waals surface area contributed by atoms with Crippen molar-refractivity contribution >= 4 is 33.3 Å². The number of alkyl halides is 1.